The number of benzene rings is 2. The summed E-state index contributed by atoms with van der Waals surface area (Å²) in [7, 11) is 4.64. The van der Waals surface area contributed by atoms with Crippen LogP contribution >= 0.6 is 0 Å². The van der Waals surface area contributed by atoms with Gasteiger partial charge in [0.1, 0.15) is 0 Å². The summed E-state index contributed by atoms with van der Waals surface area (Å²) in [6.07, 6.45) is 1.07. The second-order valence-electron chi connectivity index (χ2n) is 9.68. The summed E-state index contributed by atoms with van der Waals surface area (Å²) in [5, 5.41) is 15.7. The van der Waals surface area contributed by atoms with Crippen LogP contribution in [0.25, 0.3) is 11.1 Å². The van der Waals surface area contributed by atoms with Gasteiger partial charge in [0.25, 0.3) is 0 Å². The molecular formula is C31H34N2O7. The third kappa shape index (κ3) is 6.03. The van der Waals surface area contributed by atoms with E-state index in [0.29, 0.717) is 41.3 Å². The summed E-state index contributed by atoms with van der Waals surface area (Å²) in [6, 6.07) is 15.9. The van der Waals surface area contributed by atoms with Gasteiger partial charge >= 0.3 is 5.97 Å². The first kappa shape index (κ1) is 28.5. The number of hydrogen-bond donors (Lipinski definition) is 3. The van der Waals surface area contributed by atoms with Gasteiger partial charge in [-0.05, 0) is 53.3 Å². The number of aryl methyl sites for hydroxylation is 1. The molecule has 40 heavy (non-hydrogen) atoms. The fraction of sp³-hybridized carbons (Fsp3) is 0.323. The number of carboxylic acid groups (broad SMARTS) is 1. The highest BCUT2D eigenvalue weighted by Crippen LogP contribution is 2.50. The van der Waals surface area contributed by atoms with E-state index in [0.717, 1.165) is 22.3 Å². The number of nitrogens with one attached hydrogen (secondary N) is 2. The largest absolute Gasteiger partial charge is 0.493 e. The molecule has 0 fully saturated rings. The molecule has 0 aliphatic heterocycles. The van der Waals surface area contributed by atoms with Gasteiger partial charge in [-0.25, -0.2) is 0 Å². The molecule has 0 bridgehead atoms. The summed E-state index contributed by atoms with van der Waals surface area (Å²) in [5.41, 5.74) is 3.98. The lowest BCUT2D eigenvalue weighted by atomic mass is 9.95. The van der Waals surface area contributed by atoms with Crippen molar-refractivity contribution >= 4 is 17.6 Å². The summed E-state index contributed by atoms with van der Waals surface area (Å²) >= 11 is 0. The van der Waals surface area contributed by atoms with Crippen LogP contribution in [0.5, 0.6) is 17.2 Å². The van der Waals surface area contributed by atoms with E-state index in [2.05, 4.69) is 10.6 Å². The summed E-state index contributed by atoms with van der Waals surface area (Å²) in [6.45, 7) is 1.70. The van der Waals surface area contributed by atoms with Crippen LogP contribution in [0.4, 0.5) is 5.69 Å². The van der Waals surface area contributed by atoms with E-state index in [1.54, 1.807) is 20.3 Å². The molecule has 0 aromatic heterocycles. The SMILES string of the molecule is COc1cc2c(c(OC)c1OC)-c1ccc(NCC(CC(=O)O)c3ccccc3)c(=O)cc1C(NC(C)=O)CC2. The molecule has 3 N–H and O–H groups in total. The Morgan fingerprint density at radius 3 is 2.35 bits per heavy atom. The lowest BCUT2D eigenvalue weighted by Gasteiger charge is -2.19. The molecule has 0 saturated carbocycles. The lowest BCUT2D eigenvalue weighted by Crippen LogP contribution is -2.26. The average Bonchev–Trinajstić information content (AvgIpc) is 3.18. The number of amides is 1. The maximum absolute atomic E-state index is 13.5. The van der Waals surface area contributed by atoms with Crippen LogP contribution in [-0.2, 0) is 16.0 Å². The molecule has 210 valence electrons. The van der Waals surface area contributed by atoms with Crippen LogP contribution in [-0.4, -0.2) is 44.9 Å². The number of aliphatic carboxylic acids is 1. The second kappa shape index (κ2) is 12.5. The van der Waals surface area contributed by atoms with Crippen molar-refractivity contribution in [3.63, 3.8) is 0 Å². The number of ether oxygens (including phenoxy) is 3. The summed E-state index contributed by atoms with van der Waals surface area (Å²) in [4.78, 5) is 37.2. The zero-order valence-corrected chi connectivity index (χ0v) is 23.1. The number of carbonyl (C=O) groups excluding carboxylic acids is 1. The van der Waals surface area contributed by atoms with Gasteiger partial charge in [-0.1, -0.05) is 36.4 Å². The maximum atomic E-state index is 13.5. The Labute approximate surface area is 233 Å². The highest BCUT2D eigenvalue weighted by molar-refractivity contribution is 5.83. The van der Waals surface area contributed by atoms with E-state index in [1.165, 1.54) is 20.1 Å². The molecule has 2 unspecified atom stereocenters. The van der Waals surface area contributed by atoms with Crippen molar-refractivity contribution in [2.24, 2.45) is 0 Å². The molecular weight excluding hydrogens is 512 g/mol. The van der Waals surface area contributed by atoms with Crippen molar-refractivity contribution in [1.82, 2.24) is 5.32 Å². The van der Waals surface area contributed by atoms with Crippen molar-refractivity contribution in [3.8, 4) is 28.4 Å². The monoisotopic (exact) mass is 546 g/mol. The molecule has 1 aliphatic rings. The minimum atomic E-state index is -0.922. The molecule has 4 rings (SSSR count). The molecule has 3 aromatic carbocycles. The highest BCUT2D eigenvalue weighted by Gasteiger charge is 2.29. The van der Waals surface area contributed by atoms with Gasteiger partial charge < -0.3 is 30.0 Å². The van der Waals surface area contributed by atoms with E-state index >= 15 is 0 Å². The van der Waals surface area contributed by atoms with E-state index in [4.69, 9.17) is 14.2 Å². The van der Waals surface area contributed by atoms with Gasteiger partial charge in [0.15, 0.2) is 11.5 Å². The highest BCUT2D eigenvalue weighted by atomic mass is 16.5. The first-order valence-electron chi connectivity index (χ1n) is 13.1. The predicted octanol–water partition coefficient (Wildman–Crippen LogP) is 4.53. The first-order chi connectivity index (χ1) is 19.3. The third-order valence-electron chi connectivity index (χ3n) is 7.15. The standard InChI is InChI=1S/C31H34N2O7/c1-18(34)33-24-12-10-20-14-27(38-2)30(39-3)31(40-4)29(20)22-11-13-25(26(35)16-23(22)24)32-17-21(15-28(36)37)19-8-6-5-7-9-19/h5-9,11,13-14,16,21,24H,10,12,15,17H2,1-4H3,(H,32,35)(H,33,34)(H,36,37). The average molecular weight is 547 g/mol. The van der Waals surface area contributed by atoms with Crippen molar-refractivity contribution in [2.75, 3.05) is 33.2 Å². The van der Waals surface area contributed by atoms with Gasteiger partial charge in [0.05, 0.1) is 39.5 Å². The number of carboxylic acids is 1. The van der Waals surface area contributed by atoms with Gasteiger partial charge in [0.2, 0.25) is 17.1 Å². The molecule has 2 atom stereocenters. The number of hydrogen-bond acceptors (Lipinski definition) is 7. The van der Waals surface area contributed by atoms with Crippen LogP contribution < -0.4 is 30.3 Å². The Kier molecular flexibility index (Phi) is 8.93. The van der Waals surface area contributed by atoms with Gasteiger partial charge in [0, 0.05) is 24.9 Å². The fourth-order valence-corrected chi connectivity index (χ4v) is 5.33. The predicted molar refractivity (Wildman–Crippen MR) is 153 cm³/mol. The van der Waals surface area contributed by atoms with Crippen molar-refractivity contribution in [2.45, 2.75) is 38.1 Å². The minimum Gasteiger partial charge on any atom is -0.493 e. The zero-order chi connectivity index (χ0) is 28.8. The molecule has 0 saturated heterocycles. The number of anilines is 1. The Morgan fingerprint density at radius 1 is 1.00 bits per heavy atom. The number of rotatable bonds is 10. The lowest BCUT2D eigenvalue weighted by molar-refractivity contribution is -0.137. The van der Waals surface area contributed by atoms with Crippen LogP contribution in [0.1, 0.15) is 48.4 Å². The number of carbonyl (C=O) groups is 2. The normalized spacial score (nSPS) is 14.6. The Hall–Kier alpha value is -4.53. The van der Waals surface area contributed by atoms with E-state index in [9.17, 15) is 19.5 Å². The smallest absolute Gasteiger partial charge is 0.304 e. The maximum Gasteiger partial charge on any atom is 0.304 e. The van der Waals surface area contributed by atoms with Crippen LogP contribution in [0.15, 0.2) is 59.4 Å². The quantitative estimate of drug-likeness (QED) is 0.339. The zero-order valence-electron chi connectivity index (χ0n) is 23.1. The molecule has 1 amide bonds. The van der Waals surface area contributed by atoms with Crippen LogP contribution in [0.2, 0.25) is 0 Å². The van der Waals surface area contributed by atoms with E-state index in [1.807, 2.05) is 42.5 Å². The van der Waals surface area contributed by atoms with Crippen LogP contribution in [0.3, 0.4) is 0 Å². The third-order valence-corrected chi connectivity index (χ3v) is 7.15. The van der Waals surface area contributed by atoms with Gasteiger partial charge in [-0.2, -0.15) is 0 Å². The van der Waals surface area contributed by atoms with Crippen LogP contribution in [0, 0.1) is 0 Å². The molecule has 9 heteroatoms. The van der Waals surface area contributed by atoms with Crippen molar-refractivity contribution < 1.29 is 28.9 Å². The molecule has 9 nitrogen and oxygen atoms in total. The fourth-order valence-electron chi connectivity index (χ4n) is 5.33. The van der Waals surface area contributed by atoms with E-state index in [-0.39, 0.29) is 30.2 Å². The van der Waals surface area contributed by atoms with Crippen molar-refractivity contribution in [1.29, 1.82) is 0 Å². The second-order valence-corrected chi connectivity index (χ2v) is 9.68. The molecule has 0 spiro atoms. The molecule has 0 radical (unpaired) electrons. The Morgan fingerprint density at radius 2 is 1.73 bits per heavy atom. The number of fused-ring (bicyclic) bond motifs is 3. The number of methoxy groups -OCH3 is 3. The minimum absolute atomic E-state index is 0.0858. The van der Waals surface area contributed by atoms with Gasteiger partial charge in [-0.3, -0.25) is 14.4 Å². The summed E-state index contributed by atoms with van der Waals surface area (Å²) in [5.74, 6) is -0.0452. The summed E-state index contributed by atoms with van der Waals surface area (Å²) < 4.78 is 17.0. The topological polar surface area (TPSA) is 123 Å². The van der Waals surface area contributed by atoms with E-state index < -0.39 is 12.0 Å². The molecule has 3 aromatic rings. The Bertz CT molecular complexity index is 1460. The van der Waals surface area contributed by atoms with Crippen molar-refractivity contribution in [3.05, 3.63) is 81.5 Å². The first-order valence-corrected chi connectivity index (χ1v) is 13.1. The molecule has 0 heterocycles. The molecule has 1 aliphatic carbocycles. The van der Waals surface area contributed by atoms with Gasteiger partial charge in [-0.15, -0.1) is 0 Å². The Balaban J connectivity index is 1.84.